The molecule has 0 radical (unpaired) electrons. The quantitative estimate of drug-likeness (QED) is 0.260. The van der Waals surface area contributed by atoms with E-state index in [1.807, 2.05) is 0 Å². The summed E-state index contributed by atoms with van der Waals surface area (Å²) in [5.41, 5.74) is -2.75. The van der Waals surface area contributed by atoms with Crippen molar-refractivity contribution in [1.82, 2.24) is 29.5 Å². The van der Waals surface area contributed by atoms with E-state index in [0.29, 0.717) is 39.6 Å². The second-order valence-electron chi connectivity index (χ2n) is 8.30. The van der Waals surface area contributed by atoms with Gasteiger partial charge >= 0.3 is 12.4 Å². The standard InChI is InChI=1S/C24H14ClF6N7O/c1-12-5-19(35-22(39)13-6-14(23(26,27)28)8-15(7-13)24(29,30)31)38(36-12)21-18-10-34-37(20(18)32-11-33-21)17-4-2-3-16(25)9-17/h2-11H,1H3,(H,35,39). The maximum Gasteiger partial charge on any atom is 0.416 e. The van der Waals surface area contributed by atoms with Crippen molar-refractivity contribution in [2.75, 3.05) is 5.32 Å². The molecule has 0 saturated heterocycles. The first kappa shape index (κ1) is 26.2. The number of carbonyl (C=O) groups excluding carboxylic acids is 1. The minimum atomic E-state index is -5.11. The number of rotatable bonds is 4. The Balaban J connectivity index is 1.56. The number of fused-ring (bicyclic) bond motifs is 1. The number of nitrogens with zero attached hydrogens (tertiary/aromatic N) is 6. The van der Waals surface area contributed by atoms with Gasteiger partial charge in [0.15, 0.2) is 11.5 Å². The molecule has 0 atom stereocenters. The van der Waals surface area contributed by atoms with E-state index < -0.39 is 35.0 Å². The predicted octanol–water partition coefficient (Wildman–Crippen LogP) is 6.25. The molecule has 1 N–H and O–H groups in total. The lowest BCUT2D eigenvalue weighted by atomic mass is 10.0. The number of halogens is 7. The third-order valence-electron chi connectivity index (χ3n) is 5.52. The lowest BCUT2D eigenvalue weighted by Gasteiger charge is -2.14. The van der Waals surface area contributed by atoms with Crippen LogP contribution in [0, 0.1) is 6.92 Å². The largest absolute Gasteiger partial charge is 0.416 e. The highest BCUT2D eigenvalue weighted by Gasteiger charge is 2.37. The highest BCUT2D eigenvalue weighted by molar-refractivity contribution is 6.30. The van der Waals surface area contributed by atoms with Crippen LogP contribution in [0.15, 0.2) is 61.1 Å². The molecule has 5 aromatic rings. The Morgan fingerprint density at radius 1 is 0.923 bits per heavy atom. The van der Waals surface area contributed by atoms with Crippen molar-refractivity contribution in [2.45, 2.75) is 19.3 Å². The normalized spacial score (nSPS) is 12.2. The molecule has 15 heteroatoms. The fourth-order valence-electron chi connectivity index (χ4n) is 3.82. The highest BCUT2D eigenvalue weighted by Crippen LogP contribution is 2.36. The summed E-state index contributed by atoms with van der Waals surface area (Å²) < 4.78 is 82.3. The lowest BCUT2D eigenvalue weighted by Crippen LogP contribution is -2.19. The molecule has 0 fully saturated rings. The van der Waals surface area contributed by atoms with Gasteiger partial charge in [0.25, 0.3) is 5.91 Å². The van der Waals surface area contributed by atoms with Crippen molar-refractivity contribution >= 4 is 34.4 Å². The average molecular weight is 566 g/mol. The molecule has 5 rings (SSSR count). The van der Waals surface area contributed by atoms with Crippen molar-refractivity contribution < 1.29 is 31.1 Å². The summed E-state index contributed by atoms with van der Waals surface area (Å²) in [5.74, 6) is -1.12. The summed E-state index contributed by atoms with van der Waals surface area (Å²) in [4.78, 5) is 21.4. The first-order chi connectivity index (χ1) is 18.3. The third kappa shape index (κ3) is 5.14. The number of amides is 1. The number of carbonyl (C=O) groups is 1. The summed E-state index contributed by atoms with van der Waals surface area (Å²) >= 11 is 6.08. The summed E-state index contributed by atoms with van der Waals surface area (Å²) in [7, 11) is 0. The first-order valence-electron chi connectivity index (χ1n) is 10.9. The monoisotopic (exact) mass is 565 g/mol. The van der Waals surface area contributed by atoms with Crippen LogP contribution in [0.5, 0.6) is 0 Å². The Bertz CT molecular complexity index is 1690. The van der Waals surface area contributed by atoms with Crippen LogP contribution in [0.4, 0.5) is 32.2 Å². The number of nitrogens with one attached hydrogen (secondary N) is 1. The summed E-state index contributed by atoms with van der Waals surface area (Å²) in [6.07, 6.45) is -7.56. The molecule has 3 aromatic heterocycles. The van der Waals surface area contributed by atoms with Crippen molar-refractivity contribution in [3.63, 3.8) is 0 Å². The van der Waals surface area contributed by atoms with Crippen LogP contribution >= 0.6 is 11.6 Å². The number of benzene rings is 2. The van der Waals surface area contributed by atoms with Crippen LogP contribution in [0.25, 0.3) is 22.5 Å². The van der Waals surface area contributed by atoms with Gasteiger partial charge in [-0.3, -0.25) is 4.79 Å². The van der Waals surface area contributed by atoms with Crippen LogP contribution in [-0.2, 0) is 12.4 Å². The Kier molecular flexibility index (Phi) is 6.29. The molecule has 8 nitrogen and oxygen atoms in total. The van der Waals surface area contributed by atoms with Crippen LogP contribution in [0.1, 0.15) is 27.2 Å². The second kappa shape index (κ2) is 9.38. The highest BCUT2D eigenvalue weighted by atomic mass is 35.5. The predicted molar refractivity (Wildman–Crippen MR) is 128 cm³/mol. The Labute approximate surface area is 219 Å². The zero-order valence-corrected chi connectivity index (χ0v) is 20.3. The number of aromatic nitrogens is 6. The number of hydrogen-bond acceptors (Lipinski definition) is 5. The summed E-state index contributed by atoms with van der Waals surface area (Å²) in [5, 5.41) is 11.8. The number of hydrogen-bond donors (Lipinski definition) is 1. The molecule has 1 amide bonds. The summed E-state index contributed by atoms with van der Waals surface area (Å²) in [6.45, 7) is 1.58. The van der Waals surface area contributed by atoms with E-state index in [1.165, 1.54) is 28.0 Å². The van der Waals surface area contributed by atoms with Gasteiger partial charge in [-0.05, 0) is 43.3 Å². The van der Waals surface area contributed by atoms with Gasteiger partial charge in [0, 0.05) is 16.7 Å². The minimum Gasteiger partial charge on any atom is -0.306 e. The molecule has 0 spiro atoms. The van der Waals surface area contributed by atoms with E-state index in [4.69, 9.17) is 11.6 Å². The van der Waals surface area contributed by atoms with E-state index in [0.717, 1.165) is 0 Å². The molecule has 3 heterocycles. The van der Waals surface area contributed by atoms with E-state index in [2.05, 4.69) is 25.5 Å². The Morgan fingerprint density at radius 3 is 2.26 bits per heavy atom. The molecule has 0 aliphatic rings. The van der Waals surface area contributed by atoms with Gasteiger partial charge in [-0.2, -0.15) is 41.2 Å². The van der Waals surface area contributed by atoms with Gasteiger partial charge in [0.05, 0.1) is 34.1 Å². The van der Waals surface area contributed by atoms with Crippen LogP contribution < -0.4 is 5.32 Å². The number of alkyl halides is 6. The average Bonchev–Trinajstić information content (AvgIpc) is 3.46. The Hall–Kier alpha value is -4.46. The molecule has 0 aliphatic heterocycles. The van der Waals surface area contributed by atoms with Gasteiger partial charge in [0.1, 0.15) is 12.1 Å². The lowest BCUT2D eigenvalue weighted by molar-refractivity contribution is -0.143. The van der Waals surface area contributed by atoms with Crippen molar-refractivity contribution in [2.24, 2.45) is 0 Å². The zero-order chi connectivity index (χ0) is 28.1. The molecule has 0 saturated carbocycles. The minimum absolute atomic E-state index is 0.0552. The van der Waals surface area contributed by atoms with Gasteiger partial charge in [-0.25, -0.2) is 14.6 Å². The van der Waals surface area contributed by atoms with Gasteiger partial charge in [-0.1, -0.05) is 17.7 Å². The Morgan fingerprint density at radius 2 is 1.62 bits per heavy atom. The van der Waals surface area contributed by atoms with Crippen molar-refractivity contribution in [3.05, 3.63) is 88.5 Å². The molecule has 200 valence electrons. The van der Waals surface area contributed by atoms with Crippen LogP contribution in [-0.4, -0.2) is 35.4 Å². The van der Waals surface area contributed by atoms with E-state index in [1.54, 1.807) is 31.2 Å². The fraction of sp³-hybridized carbons (Fsp3) is 0.125. The topological polar surface area (TPSA) is 90.5 Å². The maximum absolute atomic E-state index is 13.3. The first-order valence-corrected chi connectivity index (χ1v) is 11.3. The van der Waals surface area contributed by atoms with Crippen molar-refractivity contribution in [1.29, 1.82) is 0 Å². The van der Waals surface area contributed by atoms with Crippen LogP contribution in [0.2, 0.25) is 5.02 Å². The van der Waals surface area contributed by atoms with Crippen LogP contribution in [0.3, 0.4) is 0 Å². The molecular formula is C24H14ClF6N7O. The SMILES string of the molecule is Cc1cc(NC(=O)c2cc(C(F)(F)F)cc(C(F)(F)F)c2)n(-c2ncnc3c2cnn3-c2cccc(Cl)c2)n1. The molecule has 0 unspecified atom stereocenters. The molecule has 0 aliphatic carbocycles. The van der Waals surface area contributed by atoms with E-state index in [-0.39, 0.29) is 17.7 Å². The maximum atomic E-state index is 13.3. The smallest absolute Gasteiger partial charge is 0.306 e. The van der Waals surface area contributed by atoms with E-state index >= 15 is 0 Å². The molecular weight excluding hydrogens is 552 g/mol. The molecule has 2 aromatic carbocycles. The second-order valence-corrected chi connectivity index (χ2v) is 8.74. The van der Waals surface area contributed by atoms with E-state index in [9.17, 15) is 31.1 Å². The van der Waals surface area contributed by atoms with Gasteiger partial charge in [0.2, 0.25) is 0 Å². The summed E-state index contributed by atoms with van der Waals surface area (Å²) in [6, 6.07) is 8.81. The van der Waals surface area contributed by atoms with Crippen molar-refractivity contribution in [3.8, 4) is 11.5 Å². The fourth-order valence-corrected chi connectivity index (χ4v) is 4.01. The third-order valence-corrected chi connectivity index (χ3v) is 5.76. The van der Waals surface area contributed by atoms with Gasteiger partial charge in [-0.15, -0.1) is 0 Å². The number of anilines is 1. The molecule has 0 bridgehead atoms. The van der Waals surface area contributed by atoms with Gasteiger partial charge < -0.3 is 5.32 Å². The number of aryl methyl sites for hydroxylation is 1. The molecule has 39 heavy (non-hydrogen) atoms. The zero-order valence-electron chi connectivity index (χ0n) is 19.5.